The molecule has 1 atom stereocenters. The van der Waals surface area contributed by atoms with Gasteiger partial charge in [0.15, 0.2) is 11.1 Å². The number of amides is 1. The van der Waals surface area contributed by atoms with Crippen molar-refractivity contribution >= 4 is 17.0 Å². The highest BCUT2D eigenvalue weighted by atomic mass is 32.2. The Bertz CT molecular complexity index is 134. The lowest BCUT2D eigenvalue weighted by atomic mass is 10.6. The van der Waals surface area contributed by atoms with E-state index in [0.717, 1.165) is 0 Å². The van der Waals surface area contributed by atoms with Crippen molar-refractivity contribution in [3.63, 3.8) is 0 Å². The third-order valence-corrected chi connectivity index (χ3v) is 1.24. The van der Waals surface area contributed by atoms with Gasteiger partial charge in [-0.1, -0.05) is 0 Å². The van der Waals surface area contributed by atoms with E-state index >= 15 is 0 Å². The summed E-state index contributed by atoms with van der Waals surface area (Å²) >= 11 is -2.01. The first-order valence-corrected chi connectivity index (χ1v) is 3.59. The van der Waals surface area contributed by atoms with Gasteiger partial charge in [0.25, 0.3) is 0 Å². The molecule has 0 aliphatic carbocycles. The molecule has 0 bridgehead atoms. The molecule has 0 saturated carbocycles. The predicted molar refractivity (Wildman–Crippen MR) is 34.3 cm³/mol. The molecule has 0 spiro atoms. The van der Waals surface area contributed by atoms with Crippen LogP contribution in [0.5, 0.6) is 0 Å². The van der Waals surface area contributed by atoms with Crippen molar-refractivity contribution in [3.8, 4) is 0 Å². The van der Waals surface area contributed by atoms with E-state index in [4.69, 9.17) is 4.55 Å². The molecule has 0 aliphatic heterocycles. The zero-order chi connectivity index (χ0) is 7.44. The third kappa shape index (κ3) is 4.11. The molecule has 1 N–H and O–H groups in total. The van der Waals surface area contributed by atoms with Crippen LogP contribution in [0.4, 0.5) is 0 Å². The average molecular weight is 151 g/mol. The summed E-state index contributed by atoms with van der Waals surface area (Å²) in [5.41, 5.74) is 0. The van der Waals surface area contributed by atoms with E-state index in [9.17, 15) is 9.00 Å². The van der Waals surface area contributed by atoms with Gasteiger partial charge >= 0.3 is 0 Å². The van der Waals surface area contributed by atoms with Crippen LogP contribution in [-0.4, -0.2) is 39.4 Å². The summed E-state index contributed by atoms with van der Waals surface area (Å²) in [5.74, 6) is -0.650. The van der Waals surface area contributed by atoms with Crippen molar-refractivity contribution in [1.29, 1.82) is 0 Å². The molecule has 4 nitrogen and oxygen atoms in total. The second-order valence-electron chi connectivity index (χ2n) is 1.75. The topological polar surface area (TPSA) is 57.6 Å². The molecule has 0 aromatic heterocycles. The molecule has 5 heteroatoms. The van der Waals surface area contributed by atoms with Crippen LogP contribution in [0.1, 0.15) is 0 Å². The maximum atomic E-state index is 10.5. The SMILES string of the molecule is CN(C)C(=O)CS(=O)O. The van der Waals surface area contributed by atoms with Crippen LogP contribution in [-0.2, 0) is 15.9 Å². The van der Waals surface area contributed by atoms with E-state index in [1.54, 1.807) is 0 Å². The predicted octanol–water partition coefficient (Wildman–Crippen LogP) is -0.704. The van der Waals surface area contributed by atoms with Crippen molar-refractivity contribution < 1.29 is 13.6 Å². The second kappa shape index (κ2) is 3.58. The van der Waals surface area contributed by atoms with Crippen molar-refractivity contribution in [3.05, 3.63) is 0 Å². The highest BCUT2D eigenvalue weighted by Crippen LogP contribution is 1.80. The molecule has 0 aliphatic rings. The minimum absolute atomic E-state index is 0.312. The minimum atomic E-state index is -2.01. The summed E-state index contributed by atoms with van der Waals surface area (Å²) in [6.07, 6.45) is 0. The summed E-state index contributed by atoms with van der Waals surface area (Å²) in [5, 5.41) is 0. The Hall–Kier alpha value is -0.420. The Morgan fingerprint density at radius 1 is 1.67 bits per heavy atom. The Kier molecular flexibility index (Phi) is 3.41. The van der Waals surface area contributed by atoms with Crippen molar-refractivity contribution in [2.75, 3.05) is 19.8 Å². The Morgan fingerprint density at radius 3 is 2.22 bits per heavy atom. The summed E-state index contributed by atoms with van der Waals surface area (Å²) in [6, 6.07) is 0. The minimum Gasteiger partial charge on any atom is -0.348 e. The van der Waals surface area contributed by atoms with Gasteiger partial charge in [0.2, 0.25) is 5.91 Å². The van der Waals surface area contributed by atoms with Gasteiger partial charge in [-0.15, -0.1) is 0 Å². The number of hydrogen-bond acceptors (Lipinski definition) is 2. The summed E-state index contributed by atoms with van der Waals surface area (Å²) in [6.45, 7) is 0. The lowest BCUT2D eigenvalue weighted by molar-refractivity contribution is -0.125. The van der Waals surface area contributed by atoms with Gasteiger partial charge < -0.3 is 9.45 Å². The fraction of sp³-hybridized carbons (Fsp3) is 0.750. The van der Waals surface area contributed by atoms with Gasteiger partial charge in [0.05, 0.1) is 0 Å². The van der Waals surface area contributed by atoms with Crippen LogP contribution in [0.25, 0.3) is 0 Å². The molecule has 54 valence electrons. The number of hydrogen-bond donors (Lipinski definition) is 1. The number of nitrogens with zero attached hydrogens (tertiary/aromatic N) is 1. The average Bonchev–Trinajstić information content (AvgIpc) is 1.63. The van der Waals surface area contributed by atoms with Gasteiger partial charge in [0.1, 0.15) is 5.75 Å². The summed E-state index contributed by atoms with van der Waals surface area (Å²) < 4.78 is 18.2. The van der Waals surface area contributed by atoms with Gasteiger partial charge in [-0.25, -0.2) is 4.21 Å². The van der Waals surface area contributed by atoms with Crippen LogP contribution < -0.4 is 0 Å². The van der Waals surface area contributed by atoms with E-state index < -0.39 is 11.1 Å². The van der Waals surface area contributed by atoms with Crippen molar-refractivity contribution in [1.82, 2.24) is 4.90 Å². The van der Waals surface area contributed by atoms with Gasteiger partial charge in [-0.05, 0) is 0 Å². The molecule has 0 rings (SSSR count). The summed E-state index contributed by atoms with van der Waals surface area (Å²) in [4.78, 5) is 11.8. The van der Waals surface area contributed by atoms with Crippen LogP contribution in [0.3, 0.4) is 0 Å². The third-order valence-electron chi connectivity index (χ3n) is 0.746. The van der Waals surface area contributed by atoms with Crippen LogP contribution in [0.2, 0.25) is 0 Å². The molecule has 0 aromatic carbocycles. The maximum absolute atomic E-state index is 10.5. The molecular weight excluding hydrogens is 142 g/mol. The Labute approximate surface area is 56.1 Å². The van der Waals surface area contributed by atoms with E-state index in [2.05, 4.69) is 0 Å². The number of carbonyl (C=O) groups excluding carboxylic acids is 1. The normalized spacial score (nSPS) is 12.8. The lowest BCUT2D eigenvalue weighted by Crippen LogP contribution is -2.26. The maximum Gasteiger partial charge on any atom is 0.237 e. The number of rotatable bonds is 2. The van der Waals surface area contributed by atoms with Gasteiger partial charge in [-0.3, -0.25) is 4.79 Å². The Morgan fingerprint density at radius 2 is 2.11 bits per heavy atom. The van der Waals surface area contributed by atoms with Crippen LogP contribution in [0.15, 0.2) is 0 Å². The molecule has 0 aromatic rings. The quantitative estimate of drug-likeness (QED) is 0.531. The molecule has 0 radical (unpaired) electrons. The first-order chi connectivity index (χ1) is 4.04. The van der Waals surface area contributed by atoms with Crippen molar-refractivity contribution in [2.45, 2.75) is 0 Å². The molecule has 1 unspecified atom stereocenters. The Balaban J connectivity index is 3.64. The lowest BCUT2D eigenvalue weighted by Gasteiger charge is -2.06. The van der Waals surface area contributed by atoms with Crippen LogP contribution >= 0.6 is 0 Å². The number of carbonyl (C=O) groups is 1. The molecular formula is C4H9NO3S. The van der Waals surface area contributed by atoms with Crippen molar-refractivity contribution in [2.24, 2.45) is 0 Å². The molecule has 0 heterocycles. The zero-order valence-electron chi connectivity index (χ0n) is 5.33. The fourth-order valence-electron chi connectivity index (χ4n) is 0.235. The zero-order valence-corrected chi connectivity index (χ0v) is 6.14. The first kappa shape index (κ1) is 8.58. The van der Waals surface area contributed by atoms with E-state index in [-0.39, 0.29) is 11.7 Å². The highest BCUT2D eigenvalue weighted by molar-refractivity contribution is 7.80. The fourth-order valence-corrected chi connectivity index (χ4v) is 0.704. The van der Waals surface area contributed by atoms with E-state index in [1.165, 1.54) is 19.0 Å². The molecule has 9 heavy (non-hydrogen) atoms. The van der Waals surface area contributed by atoms with Gasteiger partial charge in [-0.2, -0.15) is 0 Å². The monoisotopic (exact) mass is 151 g/mol. The molecule has 0 saturated heterocycles. The highest BCUT2D eigenvalue weighted by Gasteiger charge is 2.05. The standard InChI is InChI=1S/C4H9NO3S/c1-5(2)4(6)3-9(7)8/h3H2,1-2H3,(H,7,8). The van der Waals surface area contributed by atoms with Gasteiger partial charge in [0, 0.05) is 14.1 Å². The largest absolute Gasteiger partial charge is 0.348 e. The summed E-state index contributed by atoms with van der Waals surface area (Å²) in [7, 11) is 3.07. The smallest absolute Gasteiger partial charge is 0.237 e. The van der Waals surface area contributed by atoms with E-state index in [0.29, 0.717) is 0 Å². The van der Waals surface area contributed by atoms with Crippen LogP contribution in [0, 0.1) is 0 Å². The van der Waals surface area contributed by atoms with E-state index in [1.807, 2.05) is 0 Å². The molecule has 0 fully saturated rings. The first-order valence-electron chi connectivity index (χ1n) is 2.31. The second-order valence-corrected chi connectivity index (χ2v) is 2.69. The molecule has 1 amide bonds.